The molecule has 1 aromatic carbocycles. The number of rotatable bonds is 2. The Balaban J connectivity index is 1.78. The van der Waals surface area contributed by atoms with Gasteiger partial charge in [-0.2, -0.15) is 0 Å². The predicted octanol–water partition coefficient (Wildman–Crippen LogP) is 2.59. The fraction of sp³-hybridized carbons (Fsp3) is 0.286. The number of fused-ring (bicyclic) bond motifs is 1. The zero-order valence-corrected chi connectivity index (χ0v) is 10.7. The molecule has 5 heteroatoms. The van der Waals surface area contributed by atoms with Crippen LogP contribution in [0, 0.1) is 6.92 Å². The summed E-state index contributed by atoms with van der Waals surface area (Å²) in [6, 6.07) is 7.52. The Hall–Kier alpha value is -2.30. The molecule has 0 bridgehead atoms. The lowest BCUT2D eigenvalue weighted by Crippen LogP contribution is -2.14. The van der Waals surface area contributed by atoms with Crippen LogP contribution in [0.15, 0.2) is 28.8 Å². The number of anilines is 2. The third-order valence-electron chi connectivity index (χ3n) is 3.16. The number of carbonyl (C=O) groups excluding carboxylic acids is 1. The molecule has 98 valence electrons. The Labute approximate surface area is 111 Å². The molecule has 1 aliphatic heterocycles. The number of aromatic nitrogens is 1. The molecule has 0 saturated carbocycles. The first-order chi connectivity index (χ1) is 9.22. The number of nitrogens with one attached hydrogen (secondary N) is 2. The van der Waals surface area contributed by atoms with Crippen LogP contribution in [-0.2, 0) is 6.42 Å². The Morgan fingerprint density at radius 2 is 2.32 bits per heavy atom. The standard InChI is InChI=1S/C14H15N3O2/c1-9-7-13(17-19-9)14(18)16-11-4-5-12-10(8-11)3-2-6-15-12/h4-5,7-8,15H,2-3,6H2,1H3,(H,16,18). The molecule has 0 fully saturated rings. The highest BCUT2D eigenvalue weighted by Gasteiger charge is 2.13. The average molecular weight is 257 g/mol. The average Bonchev–Trinajstić information content (AvgIpc) is 2.85. The van der Waals surface area contributed by atoms with Gasteiger partial charge in [-0.1, -0.05) is 5.16 Å². The molecule has 2 aromatic rings. The zero-order chi connectivity index (χ0) is 13.2. The lowest BCUT2D eigenvalue weighted by atomic mass is 10.0. The van der Waals surface area contributed by atoms with Crippen molar-refractivity contribution in [2.75, 3.05) is 17.2 Å². The van der Waals surface area contributed by atoms with Gasteiger partial charge < -0.3 is 15.2 Å². The quantitative estimate of drug-likeness (QED) is 0.867. The van der Waals surface area contributed by atoms with Gasteiger partial charge in [0.1, 0.15) is 5.76 Å². The first kappa shape index (κ1) is 11.8. The molecule has 1 aliphatic rings. The van der Waals surface area contributed by atoms with E-state index in [2.05, 4.69) is 15.8 Å². The van der Waals surface area contributed by atoms with Gasteiger partial charge in [-0.3, -0.25) is 4.79 Å². The minimum Gasteiger partial charge on any atom is -0.385 e. The van der Waals surface area contributed by atoms with Crippen molar-refractivity contribution < 1.29 is 9.32 Å². The van der Waals surface area contributed by atoms with Crippen LogP contribution in [-0.4, -0.2) is 17.6 Å². The molecule has 0 aliphatic carbocycles. The Morgan fingerprint density at radius 3 is 3.11 bits per heavy atom. The summed E-state index contributed by atoms with van der Waals surface area (Å²) in [5, 5.41) is 9.87. The smallest absolute Gasteiger partial charge is 0.277 e. The van der Waals surface area contributed by atoms with Crippen LogP contribution in [0.1, 0.15) is 28.2 Å². The maximum atomic E-state index is 11.9. The molecule has 19 heavy (non-hydrogen) atoms. The van der Waals surface area contributed by atoms with Crippen LogP contribution in [0.25, 0.3) is 0 Å². The lowest BCUT2D eigenvalue weighted by molar-refractivity contribution is 0.101. The number of aryl methyl sites for hydroxylation is 2. The highest BCUT2D eigenvalue weighted by Crippen LogP contribution is 2.25. The minimum atomic E-state index is -0.249. The molecule has 0 spiro atoms. The van der Waals surface area contributed by atoms with Crippen molar-refractivity contribution in [3.05, 3.63) is 41.3 Å². The van der Waals surface area contributed by atoms with E-state index < -0.39 is 0 Å². The van der Waals surface area contributed by atoms with Crippen LogP contribution in [0.4, 0.5) is 11.4 Å². The number of hydrogen-bond acceptors (Lipinski definition) is 4. The monoisotopic (exact) mass is 257 g/mol. The summed E-state index contributed by atoms with van der Waals surface area (Å²) in [5.41, 5.74) is 3.48. The lowest BCUT2D eigenvalue weighted by Gasteiger charge is -2.18. The first-order valence-electron chi connectivity index (χ1n) is 6.34. The molecule has 0 atom stereocenters. The summed E-state index contributed by atoms with van der Waals surface area (Å²) in [7, 11) is 0. The van der Waals surface area contributed by atoms with Crippen LogP contribution in [0.5, 0.6) is 0 Å². The molecule has 0 saturated heterocycles. The number of amides is 1. The van der Waals surface area contributed by atoms with Gasteiger partial charge in [0.05, 0.1) is 0 Å². The number of carbonyl (C=O) groups is 1. The van der Waals surface area contributed by atoms with E-state index in [1.54, 1.807) is 13.0 Å². The van der Waals surface area contributed by atoms with E-state index in [0.29, 0.717) is 11.5 Å². The molecule has 2 N–H and O–H groups in total. The van der Waals surface area contributed by atoms with Crippen molar-refractivity contribution >= 4 is 17.3 Å². The fourth-order valence-electron chi connectivity index (χ4n) is 2.22. The SMILES string of the molecule is Cc1cc(C(=O)Nc2ccc3c(c2)CCCN3)no1. The molecule has 2 heterocycles. The number of nitrogens with zero attached hydrogens (tertiary/aromatic N) is 1. The van der Waals surface area contributed by atoms with Crippen molar-refractivity contribution in [1.82, 2.24) is 5.16 Å². The second-order valence-electron chi connectivity index (χ2n) is 4.68. The van der Waals surface area contributed by atoms with Gasteiger partial charge >= 0.3 is 0 Å². The van der Waals surface area contributed by atoms with Crippen LogP contribution < -0.4 is 10.6 Å². The van der Waals surface area contributed by atoms with E-state index in [4.69, 9.17) is 4.52 Å². The van der Waals surface area contributed by atoms with Gasteiger partial charge in [0.25, 0.3) is 5.91 Å². The van der Waals surface area contributed by atoms with E-state index in [9.17, 15) is 4.79 Å². The summed E-state index contributed by atoms with van der Waals surface area (Å²) in [6.07, 6.45) is 2.15. The largest absolute Gasteiger partial charge is 0.385 e. The second-order valence-corrected chi connectivity index (χ2v) is 4.68. The van der Waals surface area contributed by atoms with Crippen molar-refractivity contribution in [1.29, 1.82) is 0 Å². The normalized spacial score (nSPS) is 13.5. The third-order valence-corrected chi connectivity index (χ3v) is 3.16. The molecular formula is C14H15N3O2. The highest BCUT2D eigenvalue weighted by atomic mass is 16.5. The highest BCUT2D eigenvalue weighted by molar-refractivity contribution is 6.02. The number of benzene rings is 1. The molecule has 0 unspecified atom stereocenters. The van der Waals surface area contributed by atoms with Gasteiger partial charge in [-0.25, -0.2) is 0 Å². The second kappa shape index (κ2) is 4.76. The van der Waals surface area contributed by atoms with Crippen molar-refractivity contribution in [2.45, 2.75) is 19.8 Å². The summed E-state index contributed by atoms with van der Waals surface area (Å²) in [4.78, 5) is 11.9. The Bertz CT molecular complexity index is 619. The van der Waals surface area contributed by atoms with E-state index in [0.717, 1.165) is 30.8 Å². The molecule has 5 nitrogen and oxygen atoms in total. The Morgan fingerprint density at radius 1 is 1.42 bits per heavy atom. The summed E-state index contributed by atoms with van der Waals surface area (Å²) < 4.78 is 4.89. The minimum absolute atomic E-state index is 0.249. The van der Waals surface area contributed by atoms with E-state index in [1.165, 1.54) is 5.56 Å². The molecular weight excluding hydrogens is 242 g/mol. The van der Waals surface area contributed by atoms with Crippen molar-refractivity contribution in [3.63, 3.8) is 0 Å². The molecule has 1 aromatic heterocycles. The summed E-state index contributed by atoms with van der Waals surface area (Å²) in [5.74, 6) is 0.375. The van der Waals surface area contributed by atoms with E-state index in [1.807, 2.05) is 18.2 Å². The maximum Gasteiger partial charge on any atom is 0.277 e. The van der Waals surface area contributed by atoms with E-state index >= 15 is 0 Å². The Kier molecular flexibility index (Phi) is 2.95. The third kappa shape index (κ3) is 2.45. The van der Waals surface area contributed by atoms with Crippen molar-refractivity contribution in [3.8, 4) is 0 Å². The first-order valence-corrected chi connectivity index (χ1v) is 6.34. The summed E-state index contributed by atoms with van der Waals surface area (Å²) >= 11 is 0. The summed E-state index contributed by atoms with van der Waals surface area (Å²) in [6.45, 7) is 2.77. The molecule has 1 amide bonds. The van der Waals surface area contributed by atoms with Gasteiger partial charge in [0, 0.05) is 24.0 Å². The maximum absolute atomic E-state index is 11.9. The van der Waals surface area contributed by atoms with Gasteiger partial charge in [0.15, 0.2) is 5.69 Å². The molecule has 0 radical (unpaired) electrons. The number of hydrogen-bond donors (Lipinski definition) is 2. The van der Waals surface area contributed by atoms with Gasteiger partial charge in [-0.15, -0.1) is 0 Å². The fourth-order valence-corrected chi connectivity index (χ4v) is 2.22. The van der Waals surface area contributed by atoms with Crippen molar-refractivity contribution in [2.24, 2.45) is 0 Å². The van der Waals surface area contributed by atoms with Crippen LogP contribution in [0.3, 0.4) is 0 Å². The van der Waals surface area contributed by atoms with Crippen LogP contribution in [0.2, 0.25) is 0 Å². The molecule has 3 rings (SSSR count). The van der Waals surface area contributed by atoms with Gasteiger partial charge in [0.2, 0.25) is 0 Å². The topological polar surface area (TPSA) is 67.2 Å². The predicted molar refractivity (Wildman–Crippen MR) is 72.4 cm³/mol. The van der Waals surface area contributed by atoms with Gasteiger partial charge in [-0.05, 0) is 43.5 Å². The zero-order valence-electron chi connectivity index (χ0n) is 10.7. The van der Waals surface area contributed by atoms with E-state index in [-0.39, 0.29) is 5.91 Å². The van der Waals surface area contributed by atoms with Crippen LogP contribution >= 0.6 is 0 Å².